The Bertz CT molecular complexity index is 1900. The number of nitrogens with zero attached hydrogens (tertiary/aromatic N) is 1. The first-order valence-electron chi connectivity index (χ1n) is 12.7. The molecular formula is C35H20ClNO. The number of rotatable bonds is 3. The number of hydrogen-bond acceptors (Lipinski definition) is 2. The summed E-state index contributed by atoms with van der Waals surface area (Å²) in [4.78, 5) is 16.1. The normalized spacial score (nSPS) is 12.4. The van der Waals surface area contributed by atoms with E-state index < -0.39 is 0 Å². The van der Waals surface area contributed by atoms with E-state index in [1.807, 2.05) is 48.5 Å². The Morgan fingerprint density at radius 1 is 0.474 bits per heavy atom. The standard InChI is InChI=1S/C35H20ClNO/c36-34-32-26-18-17-24(37(22-11-3-1-4-12-22)23-13-5-2-6-14-23)19-29(26)35(38)30(32)20-28-25-15-7-9-21-10-8-16-27(31(21)25)33(28)34/h1-20H. The Kier molecular flexibility index (Phi) is 4.46. The molecule has 0 fully saturated rings. The third kappa shape index (κ3) is 2.87. The molecule has 0 unspecified atom stereocenters. The summed E-state index contributed by atoms with van der Waals surface area (Å²) in [5.41, 5.74) is 10.4. The fourth-order valence-corrected chi connectivity index (χ4v) is 6.57. The average Bonchev–Trinajstić information content (AvgIpc) is 3.44. The summed E-state index contributed by atoms with van der Waals surface area (Å²) in [5, 5.41) is 3.05. The second kappa shape index (κ2) is 7.92. The lowest BCUT2D eigenvalue weighted by Gasteiger charge is -2.25. The zero-order chi connectivity index (χ0) is 25.4. The van der Waals surface area contributed by atoms with Crippen LogP contribution in [0, 0.1) is 0 Å². The molecule has 2 aliphatic rings. The molecule has 2 aliphatic carbocycles. The summed E-state index contributed by atoms with van der Waals surface area (Å²) < 4.78 is 0. The maximum Gasteiger partial charge on any atom is 0.194 e. The van der Waals surface area contributed by atoms with Gasteiger partial charge < -0.3 is 4.90 Å². The number of anilines is 3. The predicted octanol–water partition coefficient (Wildman–Crippen LogP) is 9.82. The molecule has 6 aromatic carbocycles. The first kappa shape index (κ1) is 21.4. The summed E-state index contributed by atoms with van der Waals surface area (Å²) in [6.07, 6.45) is 0. The molecule has 2 nitrogen and oxygen atoms in total. The molecule has 0 saturated heterocycles. The monoisotopic (exact) mass is 505 g/mol. The van der Waals surface area contributed by atoms with Crippen LogP contribution in [0.15, 0.2) is 121 Å². The summed E-state index contributed by atoms with van der Waals surface area (Å²) >= 11 is 7.20. The highest BCUT2D eigenvalue weighted by Gasteiger charge is 2.35. The van der Waals surface area contributed by atoms with Crippen molar-refractivity contribution >= 4 is 45.2 Å². The highest BCUT2D eigenvalue weighted by Crippen LogP contribution is 2.55. The van der Waals surface area contributed by atoms with Gasteiger partial charge in [0.2, 0.25) is 0 Å². The van der Waals surface area contributed by atoms with Crippen molar-refractivity contribution in [1.82, 2.24) is 0 Å². The van der Waals surface area contributed by atoms with Gasteiger partial charge in [-0.25, -0.2) is 0 Å². The van der Waals surface area contributed by atoms with Crippen LogP contribution in [0.25, 0.3) is 44.2 Å². The van der Waals surface area contributed by atoms with Crippen LogP contribution < -0.4 is 4.90 Å². The zero-order valence-electron chi connectivity index (χ0n) is 20.3. The van der Waals surface area contributed by atoms with Gasteiger partial charge >= 0.3 is 0 Å². The van der Waals surface area contributed by atoms with E-state index in [4.69, 9.17) is 11.6 Å². The van der Waals surface area contributed by atoms with Crippen LogP contribution in [0.1, 0.15) is 15.9 Å². The molecule has 3 heteroatoms. The van der Waals surface area contributed by atoms with Gasteiger partial charge in [-0.15, -0.1) is 0 Å². The highest BCUT2D eigenvalue weighted by molar-refractivity contribution is 6.42. The number of carbonyl (C=O) groups excluding carboxylic acids is 1. The van der Waals surface area contributed by atoms with Gasteiger partial charge in [0, 0.05) is 39.3 Å². The van der Waals surface area contributed by atoms with Crippen LogP contribution in [0.2, 0.25) is 5.02 Å². The molecular weight excluding hydrogens is 486 g/mol. The third-order valence-corrected chi connectivity index (χ3v) is 8.16. The van der Waals surface area contributed by atoms with E-state index in [-0.39, 0.29) is 5.78 Å². The minimum absolute atomic E-state index is 0.0192. The number of hydrogen-bond donors (Lipinski definition) is 0. The average molecular weight is 506 g/mol. The van der Waals surface area contributed by atoms with Crippen LogP contribution in [0.5, 0.6) is 0 Å². The zero-order valence-corrected chi connectivity index (χ0v) is 21.0. The summed E-state index contributed by atoms with van der Waals surface area (Å²) in [6.45, 7) is 0. The lowest BCUT2D eigenvalue weighted by atomic mass is 9.96. The molecule has 0 amide bonds. The van der Waals surface area contributed by atoms with E-state index in [9.17, 15) is 4.79 Å². The van der Waals surface area contributed by atoms with Crippen LogP contribution in [0.3, 0.4) is 0 Å². The molecule has 0 radical (unpaired) electrons. The number of halogens is 1. The van der Waals surface area contributed by atoms with E-state index in [0.717, 1.165) is 50.4 Å². The lowest BCUT2D eigenvalue weighted by molar-refractivity contribution is 0.104. The minimum atomic E-state index is 0.0192. The maximum atomic E-state index is 13.9. The Labute approximate surface area is 225 Å². The Hall–Kier alpha value is -4.66. The van der Waals surface area contributed by atoms with E-state index in [1.54, 1.807) is 0 Å². The van der Waals surface area contributed by atoms with Crippen molar-refractivity contribution in [2.24, 2.45) is 0 Å². The van der Waals surface area contributed by atoms with Crippen molar-refractivity contribution in [3.05, 3.63) is 137 Å². The molecule has 0 bridgehead atoms. The van der Waals surface area contributed by atoms with Crippen molar-refractivity contribution < 1.29 is 4.79 Å². The minimum Gasteiger partial charge on any atom is -0.310 e. The van der Waals surface area contributed by atoms with Crippen LogP contribution in [-0.4, -0.2) is 5.78 Å². The van der Waals surface area contributed by atoms with Crippen LogP contribution in [0.4, 0.5) is 17.1 Å². The van der Waals surface area contributed by atoms with Crippen molar-refractivity contribution in [3.8, 4) is 33.4 Å². The molecule has 0 N–H and O–H groups in total. The summed E-state index contributed by atoms with van der Waals surface area (Å²) in [6, 6.07) is 41.3. The van der Waals surface area contributed by atoms with Crippen LogP contribution >= 0.6 is 11.6 Å². The van der Waals surface area contributed by atoms with Gasteiger partial charge in [-0.2, -0.15) is 0 Å². The van der Waals surface area contributed by atoms with Gasteiger partial charge in [-0.05, 0) is 75.5 Å². The molecule has 8 rings (SSSR count). The topological polar surface area (TPSA) is 20.3 Å². The fraction of sp³-hybridized carbons (Fsp3) is 0. The molecule has 6 aromatic rings. The predicted molar refractivity (Wildman–Crippen MR) is 157 cm³/mol. The van der Waals surface area contributed by atoms with Crippen molar-refractivity contribution in [3.63, 3.8) is 0 Å². The molecule has 0 heterocycles. The molecule has 178 valence electrons. The van der Waals surface area contributed by atoms with Crippen LogP contribution in [-0.2, 0) is 0 Å². The Balaban J connectivity index is 1.33. The first-order chi connectivity index (χ1) is 18.7. The van der Waals surface area contributed by atoms with Gasteiger partial charge in [0.1, 0.15) is 0 Å². The number of ketones is 1. The van der Waals surface area contributed by atoms with Gasteiger partial charge in [-0.1, -0.05) is 90.5 Å². The number of carbonyl (C=O) groups is 1. The highest BCUT2D eigenvalue weighted by atomic mass is 35.5. The van der Waals surface area contributed by atoms with E-state index in [2.05, 4.69) is 77.7 Å². The van der Waals surface area contributed by atoms with Crippen molar-refractivity contribution in [2.45, 2.75) is 0 Å². The Morgan fingerprint density at radius 3 is 1.79 bits per heavy atom. The van der Waals surface area contributed by atoms with E-state index >= 15 is 0 Å². The lowest BCUT2D eigenvalue weighted by Crippen LogP contribution is -2.10. The van der Waals surface area contributed by atoms with Crippen molar-refractivity contribution in [1.29, 1.82) is 0 Å². The quantitative estimate of drug-likeness (QED) is 0.238. The molecule has 0 saturated carbocycles. The SMILES string of the molecule is O=C1c2cc(N(c3ccccc3)c3ccccc3)ccc2-c2c1cc1c(c2Cl)-c2cccc3cccc-1c23. The van der Waals surface area contributed by atoms with Gasteiger partial charge in [0.15, 0.2) is 5.78 Å². The molecule has 0 aromatic heterocycles. The molecule has 0 atom stereocenters. The summed E-state index contributed by atoms with van der Waals surface area (Å²) in [5.74, 6) is 0.0192. The number of para-hydroxylation sites is 2. The fourth-order valence-electron chi connectivity index (χ4n) is 6.17. The second-order valence-corrected chi connectivity index (χ2v) is 10.2. The van der Waals surface area contributed by atoms with E-state index in [0.29, 0.717) is 16.1 Å². The number of fused-ring (bicyclic) bond motifs is 6. The first-order valence-corrected chi connectivity index (χ1v) is 13.1. The third-order valence-electron chi connectivity index (χ3n) is 7.78. The molecule has 38 heavy (non-hydrogen) atoms. The smallest absolute Gasteiger partial charge is 0.194 e. The van der Waals surface area contributed by atoms with Gasteiger partial charge in [0.25, 0.3) is 0 Å². The summed E-state index contributed by atoms with van der Waals surface area (Å²) in [7, 11) is 0. The largest absolute Gasteiger partial charge is 0.310 e. The second-order valence-electron chi connectivity index (χ2n) is 9.81. The van der Waals surface area contributed by atoms with E-state index in [1.165, 1.54) is 10.8 Å². The van der Waals surface area contributed by atoms with Gasteiger partial charge in [0.05, 0.1) is 5.02 Å². The molecule has 0 aliphatic heterocycles. The molecule has 0 spiro atoms. The number of benzene rings is 6. The maximum absolute atomic E-state index is 13.9. The van der Waals surface area contributed by atoms with Crippen molar-refractivity contribution in [2.75, 3.05) is 4.90 Å². The Morgan fingerprint density at radius 2 is 1.11 bits per heavy atom. The van der Waals surface area contributed by atoms with Gasteiger partial charge in [-0.3, -0.25) is 4.79 Å².